The first-order valence-electron chi connectivity index (χ1n) is 7.20. The highest BCUT2D eigenvalue weighted by molar-refractivity contribution is 5.91. The van der Waals surface area contributed by atoms with Gasteiger partial charge in [0.2, 0.25) is 0 Å². The SMILES string of the molecule is COCCn1nc(C(=O)NCCc2ccccc2F)ccc1=O. The van der Waals surface area contributed by atoms with E-state index in [0.29, 0.717) is 18.6 Å². The normalized spacial score (nSPS) is 10.5. The summed E-state index contributed by atoms with van der Waals surface area (Å²) in [7, 11) is 1.52. The topological polar surface area (TPSA) is 73.2 Å². The Kier molecular flexibility index (Phi) is 5.99. The fourth-order valence-electron chi connectivity index (χ4n) is 2.01. The quantitative estimate of drug-likeness (QED) is 0.826. The van der Waals surface area contributed by atoms with Crippen LogP contribution in [0.2, 0.25) is 0 Å². The first-order valence-corrected chi connectivity index (χ1v) is 7.20. The number of hydrogen-bond donors (Lipinski definition) is 1. The third kappa shape index (κ3) is 4.72. The van der Waals surface area contributed by atoms with E-state index in [1.165, 1.54) is 30.0 Å². The van der Waals surface area contributed by atoms with E-state index >= 15 is 0 Å². The lowest BCUT2D eigenvalue weighted by molar-refractivity contribution is 0.0945. The second-order valence-corrected chi connectivity index (χ2v) is 4.87. The first kappa shape index (κ1) is 16.8. The van der Waals surface area contributed by atoms with Gasteiger partial charge < -0.3 is 10.1 Å². The van der Waals surface area contributed by atoms with Gasteiger partial charge in [0.1, 0.15) is 11.5 Å². The maximum absolute atomic E-state index is 13.5. The number of rotatable bonds is 7. The average Bonchev–Trinajstić information content (AvgIpc) is 2.55. The molecule has 0 spiro atoms. The summed E-state index contributed by atoms with van der Waals surface area (Å²) in [6.45, 7) is 0.871. The molecule has 0 fully saturated rings. The number of nitrogens with zero attached hydrogens (tertiary/aromatic N) is 2. The second kappa shape index (κ2) is 8.19. The van der Waals surface area contributed by atoms with Crippen LogP contribution in [0.1, 0.15) is 16.1 Å². The molecule has 1 N–H and O–H groups in total. The molecule has 7 heteroatoms. The largest absolute Gasteiger partial charge is 0.383 e. The number of methoxy groups -OCH3 is 1. The van der Waals surface area contributed by atoms with Crippen LogP contribution in [-0.4, -0.2) is 35.9 Å². The summed E-state index contributed by atoms with van der Waals surface area (Å²) in [5.74, 6) is -0.708. The van der Waals surface area contributed by atoms with Crippen LogP contribution in [0.5, 0.6) is 0 Å². The molecule has 0 aliphatic rings. The van der Waals surface area contributed by atoms with Crippen molar-refractivity contribution < 1.29 is 13.9 Å². The second-order valence-electron chi connectivity index (χ2n) is 4.87. The third-order valence-corrected chi connectivity index (χ3v) is 3.24. The molecule has 0 saturated carbocycles. The van der Waals surface area contributed by atoms with Crippen LogP contribution >= 0.6 is 0 Å². The number of hydrogen-bond acceptors (Lipinski definition) is 4. The van der Waals surface area contributed by atoms with E-state index in [1.807, 2.05) is 0 Å². The standard InChI is InChI=1S/C16H18FN3O3/c1-23-11-10-20-15(21)7-6-14(19-20)16(22)18-9-8-12-4-2-3-5-13(12)17/h2-7H,8-11H2,1H3,(H,18,22). The summed E-state index contributed by atoms with van der Waals surface area (Å²) >= 11 is 0. The van der Waals surface area contributed by atoms with Gasteiger partial charge in [-0.15, -0.1) is 0 Å². The zero-order valence-corrected chi connectivity index (χ0v) is 12.8. The molecule has 0 atom stereocenters. The van der Waals surface area contributed by atoms with Gasteiger partial charge in [0.25, 0.3) is 11.5 Å². The van der Waals surface area contributed by atoms with E-state index in [2.05, 4.69) is 10.4 Å². The number of halogens is 1. The predicted octanol–water partition coefficient (Wildman–Crippen LogP) is 1.00. The van der Waals surface area contributed by atoms with E-state index in [-0.39, 0.29) is 30.2 Å². The summed E-state index contributed by atoms with van der Waals surface area (Å²) in [6, 6.07) is 9.06. The van der Waals surface area contributed by atoms with Crippen molar-refractivity contribution in [3.05, 3.63) is 63.8 Å². The number of aromatic nitrogens is 2. The molecule has 0 saturated heterocycles. The highest BCUT2D eigenvalue weighted by Crippen LogP contribution is 2.06. The van der Waals surface area contributed by atoms with E-state index < -0.39 is 5.91 Å². The van der Waals surface area contributed by atoms with Crippen molar-refractivity contribution in [1.82, 2.24) is 15.1 Å². The number of nitrogens with one attached hydrogen (secondary N) is 1. The van der Waals surface area contributed by atoms with Crippen LogP contribution in [0.4, 0.5) is 4.39 Å². The summed E-state index contributed by atoms with van der Waals surface area (Å²) in [5.41, 5.74) is 0.366. The van der Waals surface area contributed by atoms with E-state index in [9.17, 15) is 14.0 Å². The molecule has 2 rings (SSSR count). The molecule has 2 aromatic rings. The Morgan fingerprint density at radius 3 is 2.83 bits per heavy atom. The smallest absolute Gasteiger partial charge is 0.271 e. The maximum atomic E-state index is 13.5. The maximum Gasteiger partial charge on any atom is 0.271 e. The minimum absolute atomic E-state index is 0.134. The lowest BCUT2D eigenvalue weighted by Crippen LogP contribution is -2.31. The number of benzene rings is 1. The fourth-order valence-corrected chi connectivity index (χ4v) is 2.01. The number of carbonyl (C=O) groups is 1. The zero-order valence-electron chi connectivity index (χ0n) is 12.8. The number of ether oxygens (including phenoxy) is 1. The predicted molar refractivity (Wildman–Crippen MR) is 82.8 cm³/mol. The molecule has 0 bridgehead atoms. The van der Waals surface area contributed by atoms with Crippen molar-refractivity contribution in [2.24, 2.45) is 0 Å². The Morgan fingerprint density at radius 2 is 2.09 bits per heavy atom. The van der Waals surface area contributed by atoms with Crippen LogP contribution < -0.4 is 10.9 Å². The first-order chi connectivity index (χ1) is 11.1. The third-order valence-electron chi connectivity index (χ3n) is 3.24. The summed E-state index contributed by atoms with van der Waals surface area (Å²) in [4.78, 5) is 23.7. The van der Waals surface area contributed by atoms with Gasteiger partial charge in [-0.05, 0) is 24.1 Å². The summed E-state index contributed by atoms with van der Waals surface area (Å²) < 4.78 is 19.5. The molecule has 122 valence electrons. The number of carbonyl (C=O) groups excluding carboxylic acids is 1. The summed E-state index contributed by atoms with van der Waals surface area (Å²) in [6.07, 6.45) is 0.377. The Balaban J connectivity index is 1.95. The minimum atomic E-state index is -0.410. The average molecular weight is 319 g/mol. The van der Waals surface area contributed by atoms with Crippen molar-refractivity contribution in [2.45, 2.75) is 13.0 Å². The van der Waals surface area contributed by atoms with Gasteiger partial charge in [-0.3, -0.25) is 9.59 Å². The van der Waals surface area contributed by atoms with Gasteiger partial charge in [-0.25, -0.2) is 9.07 Å². The van der Waals surface area contributed by atoms with Crippen LogP contribution in [0, 0.1) is 5.82 Å². The molecule has 1 heterocycles. The van der Waals surface area contributed by atoms with E-state index in [1.54, 1.807) is 18.2 Å². The Labute approximate surface area is 132 Å². The Morgan fingerprint density at radius 1 is 1.30 bits per heavy atom. The van der Waals surface area contributed by atoms with Gasteiger partial charge in [0.05, 0.1) is 13.2 Å². The Hall–Kier alpha value is -2.54. The van der Waals surface area contributed by atoms with E-state index in [0.717, 1.165) is 0 Å². The number of amides is 1. The van der Waals surface area contributed by atoms with Gasteiger partial charge in [0, 0.05) is 19.7 Å². The van der Waals surface area contributed by atoms with E-state index in [4.69, 9.17) is 4.74 Å². The molecular formula is C16H18FN3O3. The molecular weight excluding hydrogens is 301 g/mol. The van der Waals surface area contributed by atoms with Crippen LogP contribution in [0.25, 0.3) is 0 Å². The van der Waals surface area contributed by atoms with Crippen molar-refractivity contribution in [3.8, 4) is 0 Å². The molecule has 0 unspecified atom stereocenters. The monoisotopic (exact) mass is 319 g/mol. The minimum Gasteiger partial charge on any atom is -0.383 e. The molecule has 6 nitrogen and oxygen atoms in total. The molecule has 0 aliphatic heterocycles. The summed E-state index contributed by atoms with van der Waals surface area (Å²) in [5, 5.41) is 6.65. The molecule has 0 radical (unpaired) electrons. The van der Waals surface area contributed by atoms with Gasteiger partial charge in [-0.1, -0.05) is 18.2 Å². The molecule has 1 aromatic heterocycles. The highest BCUT2D eigenvalue weighted by Gasteiger charge is 2.09. The van der Waals surface area contributed by atoms with Crippen LogP contribution in [0.15, 0.2) is 41.2 Å². The van der Waals surface area contributed by atoms with Gasteiger partial charge >= 0.3 is 0 Å². The lowest BCUT2D eigenvalue weighted by Gasteiger charge is -2.08. The zero-order chi connectivity index (χ0) is 16.7. The van der Waals surface area contributed by atoms with Crippen molar-refractivity contribution in [3.63, 3.8) is 0 Å². The van der Waals surface area contributed by atoms with Crippen LogP contribution in [-0.2, 0) is 17.7 Å². The van der Waals surface area contributed by atoms with Gasteiger partial charge in [0.15, 0.2) is 0 Å². The van der Waals surface area contributed by atoms with Crippen molar-refractivity contribution in [2.75, 3.05) is 20.3 Å². The lowest BCUT2D eigenvalue weighted by atomic mass is 10.1. The van der Waals surface area contributed by atoms with Crippen molar-refractivity contribution >= 4 is 5.91 Å². The highest BCUT2D eigenvalue weighted by atomic mass is 19.1. The molecule has 1 amide bonds. The Bertz CT molecular complexity index is 731. The molecule has 23 heavy (non-hydrogen) atoms. The fraction of sp³-hybridized carbons (Fsp3) is 0.312. The molecule has 0 aliphatic carbocycles. The van der Waals surface area contributed by atoms with Gasteiger partial charge in [-0.2, -0.15) is 5.10 Å². The van der Waals surface area contributed by atoms with Crippen LogP contribution in [0.3, 0.4) is 0 Å². The van der Waals surface area contributed by atoms with Crippen molar-refractivity contribution in [1.29, 1.82) is 0 Å². The molecule has 1 aromatic carbocycles.